The Kier molecular flexibility index (Phi) is 6.43. The predicted octanol–water partition coefficient (Wildman–Crippen LogP) is 2.10. The molecule has 2 heterocycles. The molecule has 3 amide bonds. The lowest BCUT2D eigenvalue weighted by Crippen LogP contribution is -2.50. The Balaban J connectivity index is 1.66. The summed E-state index contributed by atoms with van der Waals surface area (Å²) in [5, 5.41) is 2.72. The second-order valence-electron chi connectivity index (χ2n) is 7.26. The van der Waals surface area contributed by atoms with Crippen LogP contribution < -0.4 is 5.32 Å². The Hall–Kier alpha value is -3.30. The number of likely N-dealkylation sites (tertiary alicyclic amines) is 1. The van der Waals surface area contributed by atoms with E-state index in [0.717, 1.165) is 0 Å². The smallest absolute Gasteiger partial charge is 0.410 e. The minimum atomic E-state index is -0.635. The van der Waals surface area contributed by atoms with Crippen molar-refractivity contribution in [2.75, 3.05) is 39.2 Å². The average Bonchev–Trinajstić information content (AvgIpc) is 3.10. The number of urea groups is 1. The number of hydrogen-bond donors (Lipinski definition) is 1. The molecule has 0 aromatic heterocycles. The van der Waals surface area contributed by atoms with Gasteiger partial charge in [0.15, 0.2) is 0 Å². The number of esters is 2. The summed E-state index contributed by atoms with van der Waals surface area (Å²) in [7, 11) is 2.46. The third kappa shape index (κ3) is 4.47. The van der Waals surface area contributed by atoms with Gasteiger partial charge in [-0.3, -0.25) is 4.90 Å². The van der Waals surface area contributed by atoms with Crippen molar-refractivity contribution >= 4 is 29.8 Å². The zero-order valence-corrected chi connectivity index (χ0v) is 17.2. The fourth-order valence-corrected chi connectivity index (χ4v) is 3.76. The molecule has 2 fully saturated rings. The highest BCUT2D eigenvalue weighted by molar-refractivity contribution is 5.99. The van der Waals surface area contributed by atoms with E-state index < -0.39 is 11.9 Å². The van der Waals surface area contributed by atoms with Crippen LogP contribution in [0.2, 0.25) is 0 Å². The number of hydrogen-bond acceptors (Lipinski definition) is 7. The highest BCUT2D eigenvalue weighted by Gasteiger charge is 2.37. The molecule has 2 aliphatic rings. The summed E-state index contributed by atoms with van der Waals surface area (Å²) >= 11 is 0. The van der Waals surface area contributed by atoms with E-state index in [1.54, 1.807) is 9.80 Å². The van der Waals surface area contributed by atoms with Crippen LogP contribution in [-0.4, -0.2) is 79.9 Å². The van der Waals surface area contributed by atoms with Crippen LogP contribution in [-0.2, 0) is 14.2 Å². The number of amides is 3. The fraction of sp³-hybridized carbons (Fsp3) is 0.500. The van der Waals surface area contributed by atoms with E-state index in [0.29, 0.717) is 32.5 Å². The van der Waals surface area contributed by atoms with Gasteiger partial charge in [-0.1, -0.05) is 0 Å². The quantitative estimate of drug-likeness (QED) is 0.587. The number of cyclic esters (lactones) is 1. The molecule has 162 valence electrons. The van der Waals surface area contributed by atoms with Crippen molar-refractivity contribution in [2.24, 2.45) is 0 Å². The van der Waals surface area contributed by atoms with Gasteiger partial charge in [0.05, 0.1) is 31.4 Å². The zero-order chi connectivity index (χ0) is 21.8. The van der Waals surface area contributed by atoms with Gasteiger partial charge in [0.25, 0.3) is 0 Å². The predicted molar refractivity (Wildman–Crippen MR) is 105 cm³/mol. The molecule has 1 N–H and O–H groups in total. The summed E-state index contributed by atoms with van der Waals surface area (Å²) in [5.74, 6) is -1.27. The van der Waals surface area contributed by atoms with E-state index in [1.165, 1.54) is 32.4 Å². The van der Waals surface area contributed by atoms with E-state index in [2.05, 4.69) is 5.32 Å². The average molecular weight is 419 g/mol. The lowest BCUT2D eigenvalue weighted by Gasteiger charge is -2.37. The van der Waals surface area contributed by atoms with Crippen LogP contribution in [0.15, 0.2) is 18.2 Å². The summed E-state index contributed by atoms with van der Waals surface area (Å²) < 4.78 is 14.5. The number of anilines is 1. The maximum absolute atomic E-state index is 12.7. The first-order valence-electron chi connectivity index (χ1n) is 9.66. The normalized spacial score (nSPS) is 19.3. The van der Waals surface area contributed by atoms with Gasteiger partial charge in [0, 0.05) is 24.8 Å². The molecule has 10 heteroatoms. The number of benzene rings is 1. The molecule has 0 radical (unpaired) electrons. The van der Waals surface area contributed by atoms with Gasteiger partial charge >= 0.3 is 24.1 Å². The highest BCUT2D eigenvalue weighted by atomic mass is 16.6. The van der Waals surface area contributed by atoms with Crippen molar-refractivity contribution in [3.63, 3.8) is 0 Å². The lowest BCUT2D eigenvalue weighted by atomic mass is 10.0. The van der Waals surface area contributed by atoms with Gasteiger partial charge in [-0.15, -0.1) is 0 Å². The Morgan fingerprint density at radius 2 is 1.60 bits per heavy atom. The number of rotatable bonds is 4. The second-order valence-corrected chi connectivity index (χ2v) is 7.26. The van der Waals surface area contributed by atoms with Crippen LogP contribution in [0.25, 0.3) is 0 Å². The number of nitrogens with zero attached hydrogens (tertiary/aromatic N) is 2. The first-order valence-corrected chi connectivity index (χ1v) is 9.66. The molecule has 2 saturated heterocycles. The summed E-state index contributed by atoms with van der Waals surface area (Å²) in [4.78, 5) is 51.8. The van der Waals surface area contributed by atoms with Crippen LogP contribution in [0.1, 0.15) is 40.5 Å². The molecule has 0 aliphatic carbocycles. The molecule has 0 bridgehead atoms. The molecule has 3 rings (SSSR count). The van der Waals surface area contributed by atoms with Gasteiger partial charge < -0.3 is 24.4 Å². The second kappa shape index (κ2) is 9.02. The molecular formula is C20H25N3O7. The van der Waals surface area contributed by atoms with E-state index in [9.17, 15) is 19.2 Å². The van der Waals surface area contributed by atoms with Crippen LogP contribution in [0, 0.1) is 0 Å². The number of methoxy groups -OCH3 is 2. The van der Waals surface area contributed by atoms with Crippen molar-refractivity contribution < 1.29 is 33.4 Å². The van der Waals surface area contributed by atoms with Gasteiger partial charge in [-0.05, 0) is 38.0 Å². The Morgan fingerprint density at radius 1 is 1.03 bits per heavy atom. The van der Waals surface area contributed by atoms with E-state index >= 15 is 0 Å². The van der Waals surface area contributed by atoms with Gasteiger partial charge in [-0.2, -0.15) is 0 Å². The summed E-state index contributed by atoms with van der Waals surface area (Å²) in [6.45, 7) is 3.26. The number of carbonyl (C=O) groups is 4. The minimum absolute atomic E-state index is 0.0284. The number of ether oxygens (including phenoxy) is 3. The van der Waals surface area contributed by atoms with Crippen molar-refractivity contribution in [3.05, 3.63) is 29.3 Å². The molecule has 1 atom stereocenters. The van der Waals surface area contributed by atoms with Crippen LogP contribution in [0.4, 0.5) is 15.3 Å². The molecule has 1 unspecified atom stereocenters. The monoisotopic (exact) mass is 419 g/mol. The molecular weight excluding hydrogens is 394 g/mol. The third-order valence-electron chi connectivity index (χ3n) is 5.31. The van der Waals surface area contributed by atoms with Crippen molar-refractivity contribution in [3.8, 4) is 0 Å². The molecule has 1 aromatic rings. The SMILES string of the molecule is COC(=O)c1cc(NC(=O)N2CCC(N3C(=O)OCC3C)CC2)cc(C(=O)OC)c1. The summed E-state index contributed by atoms with van der Waals surface area (Å²) in [6.07, 6.45) is 0.977. The Bertz CT molecular complexity index is 815. The van der Waals surface area contributed by atoms with Crippen LogP contribution in [0.5, 0.6) is 0 Å². The van der Waals surface area contributed by atoms with Crippen molar-refractivity contribution in [2.45, 2.75) is 31.8 Å². The summed E-state index contributed by atoms with van der Waals surface area (Å²) in [5.41, 5.74) is 0.522. The van der Waals surface area contributed by atoms with Gasteiger partial charge in [-0.25, -0.2) is 19.2 Å². The van der Waals surface area contributed by atoms with Gasteiger partial charge in [0.2, 0.25) is 0 Å². The molecule has 0 saturated carbocycles. The zero-order valence-electron chi connectivity index (χ0n) is 17.2. The molecule has 0 spiro atoms. The number of piperidine rings is 1. The molecule has 2 aliphatic heterocycles. The first kappa shape index (κ1) is 21.4. The van der Waals surface area contributed by atoms with Gasteiger partial charge in [0.1, 0.15) is 6.61 Å². The van der Waals surface area contributed by atoms with Crippen LogP contribution in [0.3, 0.4) is 0 Å². The molecule has 1 aromatic carbocycles. The Labute approximate surface area is 174 Å². The first-order chi connectivity index (χ1) is 14.3. The summed E-state index contributed by atoms with van der Waals surface area (Å²) in [6, 6.07) is 3.92. The minimum Gasteiger partial charge on any atom is -0.465 e. The lowest BCUT2D eigenvalue weighted by molar-refractivity contribution is 0.0599. The maximum Gasteiger partial charge on any atom is 0.410 e. The molecule has 30 heavy (non-hydrogen) atoms. The van der Waals surface area contributed by atoms with E-state index in [1.807, 2.05) is 6.92 Å². The van der Waals surface area contributed by atoms with Crippen molar-refractivity contribution in [1.29, 1.82) is 0 Å². The molecule has 10 nitrogen and oxygen atoms in total. The van der Waals surface area contributed by atoms with Crippen molar-refractivity contribution in [1.82, 2.24) is 9.80 Å². The number of carbonyl (C=O) groups excluding carboxylic acids is 4. The van der Waals surface area contributed by atoms with E-state index in [4.69, 9.17) is 14.2 Å². The largest absolute Gasteiger partial charge is 0.465 e. The van der Waals surface area contributed by atoms with E-state index in [-0.39, 0.29) is 41.0 Å². The number of nitrogens with one attached hydrogen (secondary N) is 1. The maximum atomic E-state index is 12.7. The topological polar surface area (TPSA) is 114 Å². The fourth-order valence-electron chi connectivity index (χ4n) is 3.76. The third-order valence-corrected chi connectivity index (χ3v) is 5.31. The Morgan fingerprint density at radius 3 is 2.07 bits per heavy atom. The standard InChI is InChI=1S/C20H25N3O7/c1-12-11-30-20(27)23(12)16-4-6-22(7-5-16)19(26)21-15-9-13(17(24)28-2)8-14(10-15)18(25)29-3/h8-10,12,16H,4-7,11H2,1-3H3,(H,21,26). The van der Waals surface area contributed by atoms with Crippen LogP contribution >= 0.6 is 0 Å². The highest BCUT2D eigenvalue weighted by Crippen LogP contribution is 2.24.